The Morgan fingerprint density at radius 2 is 2.43 bits per heavy atom. The highest BCUT2D eigenvalue weighted by Gasteiger charge is 2.30. The predicted molar refractivity (Wildman–Crippen MR) is 51.9 cm³/mol. The van der Waals surface area contributed by atoms with Crippen molar-refractivity contribution in [2.45, 2.75) is 18.5 Å². The Labute approximate surface area is 83.5 Å². The summed E-state index contributed by atoms with van der Waals surface area (Å²) >= 11 is 0. The number of aliphatic hydroxyl groups excluding tert-OH is 1. The number of carbonyl (C=O) groups excluding carboxylic acids is 1. The second kappa shape index (κ2) is 4.25. The first-order chi connectivity index (χ1) is 6.79. The number of nitrogens with zero attached hydrogens (tertiary/aromatic N) is 1. The number of hydrogen-bond donors (Lipinski definition) is 3. The van der Waals surface area contributed by atoms with Crippen molar-refractivity contribution in [2.24, 2.45) is 0 Å². The first-order valence-corrected chi connectivity index (χ1v) is 5.14. The van der Waals surface area contributed by atoms with Crippen LogP contribution in [0.15, 0.2) is 0 Å². The van der Waals surface area contributed by atoms with Crippen LogP contribution >= 0.6 is 0 Å². The molecule has 80 valence electrons. The van der Waals surface area contributed by atoms with Gasteiger partial charge in [0.25, 0.3) is 0 Å². The molecule has 0 aromatic heterocycles. The van der Waals surface area contributed by atoms with E-state index in [-0.39, 0.29) is 18.6 Å². The fourth-order valence-electron chi connectivity index (χ4n) is 2.15. The molecular weight excluding hydrogens is 182 g/mol. The van der Waals surface area contributed by atoms with Crippen LogP contribution in [0.25, 0.3) is 0 Å². The van der Waals surface area contributed by atoms with Gasteiger partial charge in [-0.3, -0.25) is 9.69 Å². The van der Waals surface area contributed by atoms with Crippen molar-refractivity contribution in [2.75, 3.05) is 32.8 Å². The topological polar surface area (TPSA) is 64.6 Å². The van der Waals surface area contributed by atoms with Gasteiger partial charge < -0.3 is 15.7 Å². The van der Waals surface area contributed by atoms with Crippen LogP contribution < -0.4 is 10.6 Å². The first-order valence-electron chi connectivity index (χ1n) is 5.14. The molecule has 2 aliphatic rings. The molecule has 0 saturated carbocycles. The molecule has 2 aliphatic heterocycles. The van der Waals surface area contributed by atoms with Crippen molar-refractivity contribution in [3.05, 3.63) is 0 Å². The van der Waals surface area contributed by atoms with Crippen LogP contribution in [0.2, 0.25) is 0 Å². The molecular formula is C9H17N3O2. The number of aliphatic hydroxyl groups is 1. The lowest BCUT2D eigenvalue weighted by Crippen LogP contribution is -2.55. The average Bonchev–Trinajstić information content (AvgIpc) is 2.65. The zero-order chi connectivity index (χ0) is 9.97. The SMILES string of the molecule is O=C1CC(N2CCN[C@H](CO)C2)CN1. The third-order valence-electron chi connectivity index (χ3n) is 2.98. The zero-order valence-corrected chi connectivity index (χ0v) is 8.20. The lowest BCUT2D eigenvalue weighted by atomic mass is 10.1. The molecule has 0 aromatic carbocycles. The van der Waals surface area contributed by atoms with E-state index in [1.807, 2.05) is 0 Å². The molecule has 14 heavy (non-hydrogen) atoms. The molecule has 0 aromatic rings. The van der Waals surface area contributed by atoms with Gasteiger partial charge in [0.1, 0.15) is 0 Å². The van der Waals surface area contributed by atoms with Crippen LogP contribution in [0.1, 0.15) is 6.42 Å². The van der Waals surface area contributed by atoms with Gasteiger partial charge in [0.05, 0.1) is 6.61 Å². The van der Waals surface area contributed by atoms with E-state index in [1.54, 1.807) is 0 Å². The quantitative estimate of drug-likeness (QED) is 0.488. The molecule has 5 heteroatoms. The number of nitrogens with one attached hydrogen (secondary N) is 2. The van der Waals surface area contributed by atoms with E-state index in [0.717, 1.165) is 26.2 Å². The van der Waals surface area contributed by atoms with E-state index in [1.165, 1.54) is 0 Å². The summed E-state index contributed by atoms with van der Waals surface area (Å²) in [5.41, 5.74) is 0. The van der Waals surface area contributed by atoms with E-state index in [9.17, 15) is 4.79 Å². The minimum absolute atomic E-state index is 0.147. The summed E-state index contributed by atoms with van der Waals surface area (Å²) < 4.78 is 0. The standard InChI is InChI=1S/C9H17N3O2/c13-6-7-5-12(2-1-10-7)8-3-9(14)11-4-8/h7-8,10,13H,1-6H2,(H,11,14)/t7-,8?/m0/s1. The van der Waals surface area contributed by atoms with Crippen LogP contribution in [0.3, 0.4) is 0 Å². The Morgan fingerprint density at radius 1 is 1.57 bits per heavy atom. The van der Waals surface area contributed by atoms with Gasteiger partial charge in [-0.15, -0.1) is 0 Å². The van der Waals surface area contributed by atoms with Gasteiger partial charge in [-0.25, -0.2) is 0 Å². The Morgan fingerprint density at radius 3 is 3.07 bits per heavy atom. The highest BCUT2D eigenvalue weighted by Crippen LogP contribution is 2.11. The Hall–Kier alpha value is -0.650. The van der Waals surface area contributed by atoms with E-state index in [0.29, 0.717) is 12.5 Å². The van der Waals surface area contributed by atoms with E-state index in [4.69, 9.17) is 5.11 Å². The summed E-state index contributed by atoms with van der Waals surface area (Å²) in [6.45, 7) is 3.64. The minimum atomic E-state index is 0.147. The maximum absolute atomic E-state index is 11.0. The Balaban J connectivity index is 1.87. The molecule has 2 rings (SSSR count). The summed E-state index contributed by atoms with van der Waals surface area (Å²) in [5.74, 6) is 0.147. The Kier molecular flexibility index (Phi) is 3.00. The van der Waals surface area contributed by atoms with Crippen LogP contribution in [-0.2, 0) is 4.79 Å². The van der Waals surface area contributed by atoms with Crippen molar-refractivity contribution in [1.82, 2.24) is 15.5 Å². The van der Waals surface area contributed by atoms with Gasteiger partial charge in [-0.05, 0) is 0 Å². The van der Waals surface area contributed by atoms with Gasteiger partial charge in [-0.2, -0.15) is 0 Å². The normalized spacial score (nSPS) is 34.5. The first kappa shape index (κ1) is 9.89. The third-order valence-corrected chi connectivity index (χ3v) is 2.98. The molecule has 2 saturated heterocycles. The lowest BCUT2D eigenvalue weighted by molar-refractivity contribution is -0.119. The average molecular weight is 199 g/mol. The molecule has 0 radical (unpaired) electrons. The molecule has 1 unspecified atom stereocenters. The maximum Gasteiger partial charge on any atom is 0.221 e. The Bertz CT molecular complexity index is 222. The molecule has 2 fully saturated rings. The molecule has 2 atom stereocenters. The summed E-state index contributed by atoms with van der Waals surface area (Å²) in [4.78, 5) is 13.3. The molecule has 3 N–H and O–H groups in total. The molecule has 0 bridgehead atoms. The highest BCUT2D eigenvalue weighted by molar-refractivity contribution is 5.78. The number of piperazine rings is 1. The van der Waals surface area contributed by atoms with Crippen molar-refractivity contribution < 1.29 is 9.90 Å². The molecule has 0 spiro atoms. The predicted octanol–water partition coefficient (Wildman–Crippen LogP) is -1.86. The number of amides is 1. The fourth-order valence-corrected chi connectivity index (χ4v) is 2.15. The third kappa shape index (κ3) is 2.05. The second-order valence-corrected chi connectivity index (χ2v) is 3.99. The van der Waals surface area contributed by atoms with Crippen molar-refractivity contribution in [1.29, 1.82) is 0 Å². The van der Waals surface area contributed by atoms with Crippen molar-refractivity contribution >= 4 is 5.91 Å². The molecule has 2 heterocycles. The molecule has 0 aliphatic carbocycles. The second-order valence-electron chi connectivity index (χ2n) is 3.99. The van der Waals surface area contributed by atoms with Crippen LogP contribution in [0.4, 0.5) is 0 Å². The molecule has 1 amide bonds. The summed E-state index contributed by atoms with van der Waals surface area (Å²) in [6, 6.07) is 0.498. The zero-order valence-electron chi connectivity index (χ0n) is 8.20. The molecule has 5 nitrogen and oxygen atoms in total. The van der Waals surface area contributed by atoms with Crippen LogP contribution in [-0.4, -0.2) is 60.8 Å². The fraction of sp³-hybridized carbons (Fsp3) is 0.889. The van der Waals surface area contributed by atoms with Gasteiger partial charge >= 0.3 is 0 Å². The van der Waals surface area contributed by atoms with E-state index < -0.39 is 0 Å². The lowest BCUT2D eigenvalue weighted by Gasteiger charge is -2.36. The van der Waals surface area contributed by atoms with Gasteiger partial charge in [0, 0.05) is 44.7 Å². The van der Waals surface area contributed by atoms with Gasteiger partial charge in [-0.1, -0.05) is 0 Å². The van der Waals surface area contributed by atoms with E-state index >= 15 is 0 Å². The largest absolute Gasteiger partial charge is 0.395 e. The van der Waals surface area contributed by atoms with Gasteiger partial charge in [0.2, 0.25) is 5.91 Å². The number of rotatable bonds is 2. The van der Waals surface area contributed by atoms with Gasteiger partial charge in [0.15, 0.2) is 0 Å². The number of hydrogen-bond acceptors (Lipinski definition) is 4. The van der Waals surface area contributed by atoms with E-state index in [2.05, 4.69) is 15.5 Å². The van der Waals surface area contributed by atoms with Crippen LogP contribution in [0, 0.1) is 0 Å². The maximum atomic E-state index is 11.0. The van der Waals surface area contributed by atoms with Crippen molar-refractivity contribution in [3.63, 3.8) is 0 Å². The van der Waals surface area contributed by atoms with Crippen LogP contribution in [0.5, 0.6) is 0 Å². The highest BCUT2D eigenvalue weighted by atomic mass is 16.3. The summed E-state index contributed by atoms with van der Waals surface area (Å²) in [6.07, 6.45) is 0.609. The monoisotopic (exact) mass is 199 g/mol. The number of carbonyl (C=O) groups is 1. The summed E-state index contributed by atoms with van der Waals surface area (Å²) in [5, 5.41) is 15.1. The minimum Gasteiger partial charge on any atom is -0.395 e. The summed E-state index contributed by atoms with van der Waals surface area (Å²) in [7, 11) is 0. The smallest absolute Gasteiger partial charge is 0.221 e. The van der Waals surface area contributed by atoms with Crippen molar-refractivity contribution in [3.8, 4) is 0 Å².